The standard InChI is InChI=1S/C13H13N7O2S/c1-8-19-20-11(22-8)6-16-10(21)5-9-7-23-13(17-9)18-12-14-3-2-4-15-12/h2-4,7H,5-6H2,1H3,(H,16,21)(H,14,15,17,18). The molecule has 0 spiro atoms. The molecule has 3 aromatic heterocycles. The van der Waals surface area contributed by atoms with Gasteiger partial charge in [0.25, 0.3) is 0 Å². The van der Waals surface area contributed by atoms with Crippen molar-refractivity contribution in [3.63, 3.8) is 0 Å². The topological polar surface area (TPSA) is 119 Å². The van der Waals surface area contributed by atoms with Crippen LogP contribution >= 0.6 is 11.3 Å². The molecule has 0 fully saturated rings. The van der Waals surface area contributed by atoms with Crippen LogP contribution in [-0.4, -0.2) is 31.1 Å². The van der Waals surface area contributed by atoms with E-state index < -0.39 is 0 Å². The molecule has 0 aliphatic heterocycles. The molecule has 0 aromatic carbocycles. The number of amides is 1. The summed E-state index contributed by atoms with van der Waals surface area (Å²) in [5.41, 5.74) is 0.660. The zero-order valence-electron chi connectivity index (χ0n) is 12.2. The Morgan fingerprint density at radius 3 is 2.87 bits per heavy atom. The molecule has 9 nitrogen and oxygen atoms in total. The fraction of sp³-hybridized carbons (Fsp3) is 0.231. The van der Waals surface area contributed by atoms with Crippen molar-refractivity contribution < 1.29 is 9.21 Å². The molecule has 3 heterocycles. The van der Waals surface area contributed by atoms with Crippen molar-refractivity contribution in [1.82, 2.24) is 30.5 Å². The van der Waals surface area contributed by atoms with E-state index in [0.717, 1.165) is 0 Å². The fourth-order valence-corrected chi connectivity index (χ4v) is 2.42. The fourth-order valence-electron chi connectivity index (χ4n) is 1.72. The first kappa shape index (κ1) is 15.0. The molecule has 0 saturated carbocycles. The number of rotatable bonds is 6. The van der Waals surface area contributed by atoms with E-state index in [9.17, 15) is 4.79 Å². The van der Waals surface area contributed by atoms with Gasteiger partial charge in [0.2, 0.25) is 23.6 Å². The molecule has 1 amide bonds. The Morgan fingerprint density at radius 2 is 2.13 bits per heavy atom. The van der Waals surface area contributed by atoms with Gasteiger partial charge in [0, 0.05) is 24.7 Å². The highest BCUT2D eigenvalue weighted by molar-refractivity contribution is 7.13. The molecule has 10 heteroatoms. The highest BCUT2D eigenvalue weighted by Gasteiger charge is 2.10. The number of aromatic nitrogens is 5. The summed E-state index contributed by atoms with van der Waals surface area (Å²) in [7, 11) is 0. The number of carbonyl (C=O) groups excluding carboxylic acids is 1. The number of carbonyl (C=O) groups is 1. The summed E-state index contributed by atoms with van der Waals surface area (Å²) >= 11 is 1.38. The van der Waals surface area contributed by atoms with E-state index in [1.54, 1.807) is 25.4 Å². The molecule has 0 aliphatic rings. The third-order valence-corrected chi connectivity index (χ3v) is 3.49. The lowest BCUT2D eigenvalue weighted by Gasteiger charge is -2.00. The van der Waals surface area contributed by atoms with E-state index in [2.05, 4.69) is 35.8 Å². The summed E-state index contributed by atoms with van der Waals surface area (Å²) in [5, 5.41) is 15.6. The third-order valence-electron chi connectivity index (χ3n) is 2.68. The Kier molecular flexibility index (Phi) is 4.52. The van der Waals surface area contributed by atoms with Crippen LogP contribution in [0.15, 0.2) is 28.3 Å². The van der Waals surface area contributed by atoms with Gasteiger partial charge in [-0.05, 0) is 6.07 Å². The lowest BCUT2D eigenvalue weighted by atomic mass is 10.3. The van der Waals surface area contributed by atoms with Gasteiger partial charge < -0.3 is 15.1 Å². The summed E-state index contributed by atoms with van der Waals surface area (Å²) in [4.78, 5) is 24.3. The summed E-state index contributed by atoms with van der Waals surface area (Å²) in [5.74, 6) is 1.13. The van der Waals surface area contributed by atoms with Crippen LogP contribution in [0.25, 0.3) is 0 Å². The first-order valence-electron chi connectivity index (χ1n) is 6.73. The first-order chi connectivity index (χ1) is 11.2. The van der Waals surface area contributed by atoms with Crippen LogP contribution in [0.3, 0.4) is 0 Å². The van der Waals surface area contributed by atoms with Gasteiger partial charge in [-0.1, -0.05) is 0 Å². The van der Waals surface area contributed by atoms with Gasteiger partial charge in [-0.15, -0.1) is 21.5 Å². The van der Waals surface area contributed by atoms with Gasteiger partial charge >= 0.3 is 0 Å². The smallest absolute Gasteiger partial charge is 0.235 e. The van der Waals surface area contributed by atoms with Crippen molar-refractivity contribution in [2.24, 2.45) is 0 Å². The van der Waals surface area contributed by atoms with E-state index in [4.69, 9.17) is 4.42 Å². The van der Waals surface area contributed by atoms with Gasteiger partial charge in [-0.2, -0.15) is 0 Å². The lowest BCUT2D eigenvalue weighted by Crippen LogP contribution is -2.24. The summed E-state index contributed by atoms with van der Waals surface area (Å²) < 4.78 is 5.18. The van der Waals surface area contributed by atoms with Gasteiger partial charge in [0.05, 0.1) is 18.7 Å². The Bertz CT molecular complexity index is 786. The highest BCUT2D eigenvalue weighted by atomic mass is 32.1. The number of nitrogens with zero attached hydrogens (tertiary/aromatic N) is 5. The largest absolute Gasteiger partial charge is 0.424 e. The number of anilines is 2. The molecule has 23 heavy (non-hydrogen) atoms. The van der Waals surface area contributed by atoms with Crippen LogP contribution in [0.1, 0.15) is 17.5 Å². The molecule has 0 atom stereocenters. The van der Waals surface area contributed by atoms with E-state index in [1.807, 2.05) is 5.38 Å². The van der Waals surface area contributed by atoms with Gasteiger partial charge in [-0.3, -0.25) is 4.79 Å². The van der Waals surface area contributed by atoms with E-state index in [-0.39, 0.29) is 18.9 Å². The minimum atomic E-state index is -0.173. The summed E-state index contributed by atoms with van der Waals surface area (Å²) in [6, 6.07) is 1.73. The second-order valence-electron chi connectivity index (χ2n) is 4.51. The van der Waals surface area contributed by atoms with Gasteiger partial charge in [-0.25, -0.2) is 15.0 Å². The second-order valence-corrected chi connectivity index (χ2v) is 5.37. The van der Waals surface area contributed by atoms with E-state index >= 15 is 0 Å². The predicted octanol–water partition coefficient (Wildman–Crippen LogP) is 1.23. The average molecular weight is 331 g/mol. The first-order valence-corrected chi connectivity index (χ1v) is 7.61. The van der Waals surface area contributed by atoms with Crippen molar-refractivity contribution >= 4 is 28.3 Å². The van der Waals surface area contributed by atoms with Crippen molar-refractivity contribution in [1.29, 1.82) is 0 Å². The molecule has 0 saturated heterocycles. The summed E-state index contributed by atoms with van der Waals surface area (Å²) in [6.07, 6.45) is 3.44. The molecule has 2 N–H and O–H groups in total. The van der Waals surface area contributed by atoms with Crippen molar-refractivity contribution in [2.45, 2.75) is 19.9 Å². The van der Waals surface area contributed by atoms with E-state index in [1.165, 1.54) is 11.3 Å². The molecular formula is C13H13N7O2S. The maximum absolute atomic E-state index is 11.9. The number of hydrogen-bond donors (Lipinski definition) is 2. The maximum Gasteiger partial charge on any atom is 0.235 e. The van der Waals surface area contributed by atoms with E-state index in [0.29, 0.717) is 28.6 Å². The van der Waals surface area contributed by atoms with Crippen LogP contribution < -0.4 is 10.6 Å². The van der Waals surface area contributed by atoms with Gasteiger partial charge in [0.15, 0.2) is 5.13 Å². The SMILES string of the molecule is Cc1nnc(CNC(=O)Cc2csc(Nc3ncccn3)n2)o1. The van der Waals surface area contributed by atoms with Crippen molar-refractivity contribution in [3.05, 3.63) is 41.3 Å². The van der Waals surface area contributed by atoms with Gasteiger partial charge in [0.1, 0.15) is 0 Å². The molecule has 3 aromatic rings. The van der Waals surface area contributed by atoms with Crippen LogP contribution in [0.4, 0.5) is 11.1 Å². The van der Waals surface area contributed by atoms with Crippen LogP contribution in [0, 0.1) is 6.92 Å². The quantitative estimate of drug-likeness (QED) is 0.692. The van der Waals surface area contributed by atoms with Crippen LogP contribution in [0.5, 0.6) is 0 Å². The Morgan fingerprint density at radius 1 is 1.30 bits per heavy atom. The maximum atomic E-state index is 11.9. The Balaban J connectivity index is 1.51. The molecule has 0 radical (unpaired) electrons. The molecular weight excluding hydrogens is 318 g/mol. The second kappa shape index (κ2) is 6.92. The zero-order chi connectivity index (χ0) is 16.1. The molecule has 0 unspecified atom stereocenters. The molecule has 118 valence electrons. The Labute approximate surface area is 135 Å². The van der Waals surface area contributed by atoms with Crippen molar-refractivity contribution in [2.75, 3.05) is 5.32 Å². The average Bonchev–Trinajstić information content (AvgIpc) is 3.15. The molecule has 0 aliphatic carbocycles. The molecule has 0 bridgehead atoms. The summed E-state index contributed by atoms with van der Waals surface area (Å²) in [6.45, 7) is 1.89. The Hall–Kier alpha value is -2.88. The minimum absolute atomic E-state index is 0.168. The predicted molar refractivity (Wildman–Crippen MR) is 82.0 cm³/mol. The van der Waals surface area contributed by atoms with Crippen LogP contribution in [-0.2, 0) is 17.8 Å². The number of nitrogens with one attached hydrogen (secondary N) is 2. The third kappa shape index (κ3) is 4.30. The van der Waals surface area contributed by atoms with Crippen molar-refractivity contribution in [3.8, 4) is 0 Å². The zero-order valence-corrected chi connectivity index (χ0v) is 13.0. The lowest BCUT2D eigenvalue weighted by molar-refractivity contribution is -0.120. The normalized spacial score (nSPS) is 10.5. The number of hydrogen-bond acceptors (Lipinski definition) is 9. The number of aryl methyl sites for hydroxylation is 1. The van der Waals surface area contributed by atoms with Crippen LogP contribution in [0.2, 0.25) is 0 Å². The monoisotopic (exact) mass is 331 g/mol. The highest BCUT2D eigenvalue weighted by Crippen LogP contribution is 2.18. The minimum Gasteiger partial charge on any atom is -0.424 e. The number of thiazole rings is 1. The molecule has 3 rings (SSSR count).